The third kappa shape index (κ3) is 2.83. The van der Waals surface area contributed by atoms with Gasteiger partial charge < -0.3 is 10.4 Å². The number of aromatic nitrogens is 2. The molecule has 2 aromatic rings. The number of carboxylic acid groups (broad SMARTS) is 1. The number of benzene rings is 1. The van der Waals surface area contributed by atoms with Gasteiger partial charge in [-0.15, -0.1) is 0 Å². The topological polar surface area (TPSA) is 67.1 Å². The molecule has 1 aliphatic heterocycles. The molecule has 3 rings (SSSR count). The van der Waals surface area contributed by atoms with Gasteiger partial charge in [-0.2, -0.15) is 5.10 Å². The van der Waals surface area contributed by atoms with Gasteiger partial charge in [0.2, 0.25) is 0 Å². The largest absolute Gasteiger partial charge is 0.481 e. The Morgan fingerprint density at radius 2 is 2.19 bits per heavy atom. The van der Waals surface area contributed by atoms with Crippen LogP contribution in [0.3, 0.4) is 0 Å². The standard InChI is InChI=1S/C16H19N3O2/c20-15(21)16(7-4-8-17-12-16)9-13-10-18-19(11-13)14-5-2-1-3-6-14/h1-3,5-6,10-11,17H,4,7-9,12H2,(H,20,21). The van der Waals surface area contributed by atoms with Crippen molar-refractivity contribution in [2.75, 3.05) is 13.1 Å². The van der Waals surface area contributed by atoms with Crippen LogP contribution in [-0.2, 0) is 11.2 Å². The molecule has 0 saturated carbocycles. The van der Waals surface area contributed by atoms with Gasteiger partial charge in [0.1, 0.15) is 0 Å². The molecule has 2 N–H and O–H groups in total. The lowest BCUT2D eigenvalue weighted by Gasteiger charge is -2.33. The molecule has 2 heterocycles. The van der Waals surface area contributed by atoms with Crippen molar-refractivity contribution in [2.45, 2.75) is 19.3 Å². The van der Waals surface area contributed by atoms with E-state index in [-0.39, 0.29) is 0 Å². The third-order valence-electron chi connectivity index (χ3n) is 4.13. The highest BCUT2D eigenvalue weighted by molar-refractivity contribution is 5.75. The second-order valence-corrected chi connectivity index (χ2v) is 5.67. The van der Waals surface area contributed by atoms with Crippen molar-refractivity contribution in [2.24, 2.45) is 5.41 Å². The predicted octanol–water partition coefficient (Wildman–Crippen LogP) is 1.87. The lowest BCUT2D eigenvalue weighted by Crippen LogP contribution is -2.46. The summed E-state index contributed by atoms with van der Waals surface area (Å²) in [6.45, 7) is 1.43. The number of carbonyl (C=O) groups is 1. The molecule has 1 aliphatic rings. The van der Waals surface area contributed by atoms with E-state index >= 15 is 0 Å². The van der Waals surface area contributed by atoms with Crippen molar-refractivity contribution < 1.29 is 9.90 Å². The van der Waals surface area contributed by atoms with Crippen molar-refractivity contribution in [1.29, 1.82) is 0 Å². The number of aliphatic carboxylic acids is 1. The van der Waals surface area contributed by atoms with Crippen molar-refractivity contribution >= 4 is 5.97 Å². The van der Waals surface area contributed by atoms with Gasteiger partial charge in [0.15, 0.2) is 0 Å². The SMILES string of the molecule is O=C(O)C1(Cc2cnn(-c3ccccc3)c2)CCCNC1. The molecule has 0 radical (unpaired) electrons. The number of piperidine rings is 1. The number of rotatable bonds is 4. The monoisotopic (exact) mass is 285 g/mol. The van der Waals surface area contributed by atoms with E-state index in [4.69, 9.17) is 0 Å². The first-order chi connectivity index (χ1) is 10.2. The molecule has 0 spiro atoms. The Morgan fingerprint density at radius 1 is 1.38 bits per heavy atom. The number of para-hydroxylation sites is 1. The van der Waals surface area contributed by atoms with E-state index in [2.05, 4.69) is 10.4 Å². The molecular formula is C16H19N3O2. The summed E-state index contributed by atoms with van der Waals surface area (Å²) in [5, 5.41) is 17.2. The highest BCUT2D eigenvalue weighted by Gasteiger charge is 2.40. The number of nitrogens with zero attached hydrogens (tertiary/aromatic N) is 2. The minimum atomic E-state index is -0.720. The first-order valence-electron chi connectivity index (χ1n) is 7.23. The fraction of sp³-hybridized carbons (Fsp3) is 0.375. The Hall–Kier alpha value is -2.14. The molecule has 5 heteroatoms. The molecule has 5 nitrogen and oxygen atoms in total. The van der Waals surface area contributed by atoms with Gasteiger partial charge >= 0.3 is 5.97 Å². The second kappa shape index (κ2) is 5.69. The average molecular weight is 285 g/mol. The van der Waals surface area contributed by atoms with Crippen molar-refractivity contribution in [3.8, 4) is 5.69 Å². The Labute approximate surface area is 123 Å². The molecule has 0 bridgehead atoms. The average Bonchev–Trinajstić information content (AvgIpc) is 2.97. The molecule has 0 amide bonds. The molecule has 1 atom stereocenters. The van der Waals surface area contributed by atoms with Crippen LogP contribution in [0.2, 0.25) is 0 Å². The molecule has 21 heavy (non-hydrogen) atoms. The van der Waals surface area contributed by atoms with Crippen LogP contribution in [-0.4, -0.2) is 33.9 Å². The van der Waals surface area contributed by atoms with E-state index in [1.807, 2.05) is 36.5 Å². The molecule has 1 aromatic heterocycles. The number of nitrogens with one attached hydrogen (secondary N) is 1. The first kappa shape index (κ1) is 13.8. The minimum absolute atomic E-state index is 0.516. The van der Waals surface area contributed by atoms with Gasteiger partial charge in [-0.3, -0.25) is 4.79 Å². The Bertz CT molecular complexity index is 615. The minimum Gasteiger partial charge on any atom is -0.481 e. The van der Waals surface area contributed by atoms with Gasteiger partial charge in [-0.05, 0) is 43.5 Å². The maximum atomic E-state index is 11.7. The van der Waals surface area contributed by atoms with Crippen molar-refractivity contribution in [1.82, 2.24) is 15.1 Å². The van der Waals surface area contributed by atoms with Gasteiger partial charge in [-0.25, -0.2) is 4.68 Å². The highest BCUT2D eigenvalue weighted by atomic mass is 16.4. The summed E-state index contributed by atoms with van der Waals surface area (Å²) < 4.78 is 1.79. The summed E-state index contributed by atoms with van der Waals surface area (Å²) in [6.07, 6.45) is 5.83. The van der Waals surface area contributed by atoms with E-state index < -0.39 is 11.4 Å². The van der Waals surface area contributed by atoms with Crippen molar-refractivity contribution in [3.05, 3.63) is 48.3 Å². The van der Waals surface area contributed by atoms with Crippen LogP contribution in [0.1, 0.15) is 18.4 Å². The summed E-state index contributed by atoms with van der Waals surface area (Å²) >= 11 is 0. The summed E-state index contributed by atoms with van der Waals surface area (Å²) in [7, 11) is 0. The van der Waals surface area contributed by atoms with Crippen LogP contribution < -0.4 is 5.32 Å². The third-order valence-corrected chi connectivity index (χ3v) is 4.13. The van der Waals surface area contributed by atoms with E-state index in [0.29, 0.717) is 19.4 Å². The number of hydrogen-bond acceptors (Lipinski definition) is 3. The van der Waals surface area contributed by atoms with Gasteiger partial charge in [-0.1, -0.05) is 18.2 Å². The predicted molar refractivity (Wildman–Crippen MR) is 79.4 cm³/mol. The smallest absolute Gasteiger partial charge is 0.311 e. The lowest BCUT2D eigenvalue weighted by atomic mass is 9.76. The molecule has 0 aliphatic carbocycles. The summed E-state index contributed by atoms with van der Waals surface area (Å²) in [4.78, 5) is 11.7. The molecule has 1 fully saturated rings. The molecule has 1 unspecified atom stereocenters. The lowest BCUT2D eigenvalue weighted by molar-refractivity contribution is -0.150. The summed E-state index contributed by atoms with van der Waals surface area (Å²) in [5.74, 6) is -0.720. The number of carboxylic acids is 1. The quantitative estimate of drug-likeness (QED) is 0.900. The maximum absolute atomic E-state index is 11.7. The summed E-state index contributed by atoms with van der Waals surface area (Å²) in [6, 6.07) is 9.83. The fourth-order valence-electron chi connectivity index (χ4n) is 2.94. The normalized spacial score (nSPS) is 22.1. The van der Waals surface area contributed by atoms with E-state index in [9.17, 15) is 9.90 Å². The van der Waals surface area contributed by atoms with Crippen LogP contribution in [0.25, 0.3) is 5.69 Å². The van der Waals surface area contributed by atoms with Crippen molar-refractivity contribution in [3.63, 3.8) is 0 Å². The van der Waals surface area contributed by atoms with Crippen LogP contribution in [0.5, 0.6) is 0 Å². The van der Waals surface area contributed by atoms with E-state index in [0.717, 1.165) is 24.2 Å². The second-order valence-electron chi connectivity index (χ2n) is 5.67. The van der Waals surface area contributed by atoms with Gasteiger partial charge in [0.05, 0.1) is 17.3 Å². The van der Waals surface area contributed by atoms with Gasteiger partial charge in [0.25, 0.3) is 0 Å². The first-order valence-corrected chi connectivity index (χ1v) is 7.23. The zero-order valence-corrected chi connectivity index (χ0v) is 11.8. The molecule has 1 saturated heterocycles. The van der Waals surface area contributed by atoms with E-state index in [1.54, 1.807) is 10.9 Å². The molecule has 110 valence electrons. The zero-order chi connectivity index (χ0) is 14.7. The molecular weight excluding hydrogens is 266 g/mol. The fourth-order valence-corrected chi connectivity index (χ4v) is 2.94. The Kier molecular flexibility index (Phi) is 3.75. The van der Waals surface area contributed by atoms with Crippen LogP contribution in [0.4, 0.5) is 0 Å². The van der Waals surface area contributed by atoms with Crippen LogP contribution >= 0.6 is 0 Å². The van der Waals surface area contributed by atoms with Gasteiger partial charge in [0, 0.05) is 12.7 Å². The van der Waals surface area contributed by atoms with Crippen LogP contribution in [0.15, 0.2) is 42.7 Å². The summed E-state index contributed by atoms with van der Waals surface area (Å²) in [5.41, 5.74) is 1.24. The Balaban J connectivity index is 1.81. The Morgan fingerprint density at radius 3 is 2.86 bits per heavy atom. The number of hydrogen-bond donors (Lipinski definition) is 2. The zero-order valence-electron chi connectivity index (χ0n) is 11.8. The van der Waals surface area contributed by atoms with Crippen LogP contribution in [0, 0.1) is 5.41 Å². The maximum Gasteiger partial charge on any atom is 0.311 e. The highest BCUT2D eigenvalue weighted by Crippen LogP contribution is 2.31. The van der Waals surface area contributed by atoms with E-state index in [1.165, 1.54) is 0 Å². The molecule has 1 aromatic carbocycles.